The molecule has 3 aliphatic heterocycles. The summed E-state index contributed by atoms with van der Waals surface area (Å²) in [5, 5.41) is 13.8. The Morgan fingerprint density at radius 1 is 1.03 bits per heavy atom. The van der Waals surface area contributed by atoms with Gasteiger partial charge in [0, 0.05) is 34.0 Å². The van der Waals surface area contributed by atoms with Crippen molar-refractivity contribution in [1.82, 2.24) is 10.2 Å². The molecule has 2 aromatic carbocycles. The first-order chi connectivity index (χ1) is 16.3. The van der Waals surface area contributed by atoms with Crippen LogP contribution >= 0.6 is 36.6 Å². The summed E-state index contributed by atoms with van der Waals surface area (Å²) in [5.41, 5.74) is 3.74. The number of aliphatic imine (C=N–C) groups is 1. The van der Waals surface area contributed by atoms with Crippen LogP contribution in [-0.4, -0.2) is 53.3 Å². The van der Waals surface area contributed by atoms with E-state index in [1.165, 1.54) is 52.4 Å². The zero-order chi connectivity index (χ0) is 22.4. The van der Waals surface area contributed by atoms with Crippen molar-refractivity contribution in [1.29, 1.82) is 0 Å². The van der Waals surface area contributed by atoms with E-state index in [4.69, 9.17) is 4.99 Å². The van der Waals surface area contributed by atoms with Gasteiger partial charge in [-0.2, -0.15) is 0 Å². The highest BCUT2D eigenvalue weighted by molar-refractivity contribution is 7.99. The topological polar surface area (TPSA) is 51.1 Å². The van der Waals surface area contributed by atoms with E-state index in [1.807, 2.05) is 11.8 Å². The molecule has 35 heavy (non-hydrogen) atoms. The van der Waals surface area contributed by atoms with Crippen LogP contribution in [0, 0.1) is 0 Å². The zero-order valence-corrected chi connectivity index (χ0v) is 22.7. The van der Waals surface area contributed by atoms with Gasteiger partial charge < -0.3 is 15.3 Å². The number of likely N-dealkylation sites (tertiary alicyclic amines) is 1. The van der Waals surface area contributed by atoms with Crippen LogP contribution < -0.4 is 10.2 Å². The zero-order valence-electron chi connectivity index (χ0n) is 20.2. The average Bonchev–Trinajstić information content (AvgIpc) is 3.51. The molecule has 3 unspecified atom stereocenters. The summed E-state index contributed by atoms with van der Waals surface area (Å²) in [6, 6.07) is 16.8. The van der Waals surface area contributed by atoms with E-state index in [1.54, 1.807) is 0 Å². The number of amidine groups is 1. The van der Waals surface area contributed by atoms with Crippen molar-refractivity contribution >= 4 is 53.8 Å². The Balaban J connectivity index is 0.00000144. The fourth-order valence-corrected chi connectivity index (χ4v) is 7.29. The molecule has 0 spiro atoms. The molecule has 0 amide bonds. The highest BCUT2D eigenvalue weighted by atomic mass is 35.5. The molecule has 0 aromatic heterocycles. The minimum atomic E-state index is 0. The maximum Gasteiger partial charge on any atom is 0.128 e. The van der Waals surface area contributed by atoms with Gasteiger partial charge in [-0.15, -0.1) is 24.8 Å². The van der Waals surface area contributed by atoms with Crippen LogP contribution in [0.15, 0.2) is 57.2 Å². The van der Waals surface area contributed by atoms with Gasteiger partial charge in [0.25, 0.3) is 0 Å². The van der Waals surface area contributed by atoms with E-state index in [2.05, 4.69) is 64.5 Å². The molecule has 6 rings (SSSR count). The van der Waals surface area contributed by atoms with Gasteiger partial charge in [0.2, 0.25) is 0 Å². The predicted octanol–water partition coefficient (Wildman–Crippen LogP) is 5.99. The Labute approximate surface area is 225 Å². The number of benzene rings is 2. The Morgan fingerprint density at radius 3 is 2.63 bits per heavy atom. The van der Waals surface area contributed by atoms with Gasteiger partial charge in [-0.25, -0.2) is 0 Å². The number of nitrogens with zero attached hydrogens (tertiary/aromatic N) is 3. The van der Waals surface area contributed by atoms with Crippen LogP contribution in [0.1, 0.15) is 57.4 Å². The molecule has 2 aromatic rings. The first-order valence-corrected chi connectivity index (χ1v) is 13.5. The molecule has 3 heterocycles. The number of fused-ring (bicyclic) bond motifs is 3. The van der Waals surface area contributed by atoms with Crippen LogP contribution in [0.3, 0.4) is 0 Å². The quantitative estimate of drug-likeness (QED) is 0.493. The van der Waals surface area contributed by atoms with Crippen molar-refractivity contribution in [2.45, 2.75) is 86.0 Å². The molecule has 4 aliphatic rings. The van der Waals surface area contributed by atoms with Crippen LogP contribution in [0.2, 0.25) is 0 Å². The Kier molecular flexibility index (Phi) is 8.60. The molecule has 190 valence electrons. The van der Waals surface area contributed by atoms with Crippen molar-refractivity contribution in [3.8, 4) is 0 Å². The van der Waals surface area contributed by atoms with E-state index >= 15 is 0 Å². The average molecular weight is 536 g/mol. The lowest BCUT2D eigenvalue weighted by Crippen LogP contribution is -2.50. The second-order valence-electron chi connectivity index (χ2n) is 9.81. The second kappa shape index (κ2) is 11.3. The van der Waals surface area contributed by atoms with Crippen LogP contribution in [0.25, 0.3) is 0 Å². The third-order valence-electron chi connectivity index (χ3n) is 7.86. The normalized spacial score (nSPS) is 25.8. The van der Waals surface area contributed by atoms with Gasteiger partial charge in [-0.1, -0.05) is 49.7 Å². The Hall–Kier alpha value is -1.44. The molecule has 0 radical (unpaired) electrons. The number of hydrogen-bond acceptors (Lipinski definition) is 6. The van der Waals surface area contributed by atoms with Crippen LogP contribution in [0.5, 0.6) is 0 Å². The Morgan fingerprint density at radius 2 is 1.83 bits per heavy atom. The third kappa shape index (κ3) is 4.80. The van der Waals surface area contributed by atoms with E-state index in [0.29, 0.717) is 12.1 Å². The van der Waals surface area contributed by atoms with Crippen molar-refractivity contribution in [2.24, 2.45) is 4.99 Å². The lowest BCUT2D eigenvalue weighted by molar-refractivity contribution is 0.118. The molecule has 1 saturated heterocycles. The molecular formula is C27H36Cl2N4OS. The van der Waals surface area contributed by atoms with Crippen molar-refractivity contribution in [2.75, 3.05) is 18.1 Å². The monoisotopic (exact) mass is 534 g/mol. The van der Waals surface area contributed by atoms with E-state index < -0.39 is 0 Å². The molecule has 4 atom stereocenters. The number of nitrogens with one attached hydrogen (secondary N) is 1. The van der Waals surface area contributed by atoms with E-state index in [-0.39, 0.29) is 43.6 Å². The largest absolute Gasteiger partial charge is 0.395 e. The molecular weight excluding hydrogens is 499 g/mol. The maximum absolute atomic E-state index is 10.1. The summed E-state index contributed by atoms with van der Waals surface area (Å²) in [4.78, 5) is 12.8. The molecule has 0 bridgehead atoms. The summed E-state index contributed by atoms with van der Waals surface area (Å²) in [5.74, 6) is 1.07. The first kappa shape index (κ1) is 26.6. The number of aliphatic hydroxyl groups is 1. The van der Waals surface area contributed by atoms with Gasteiger partial charge in [0.05, 0.1) is 30.2 Å². The molecule has 1 aliphatic carbocycles. The van der Waals surface area contributed by atoms with Crippen LogP contribution in [0.4, 0.5) is 11.4 Å². The van der Waals surface area contributed by atoms with Crippen LogP contribution in [-0.2, 0) is 0 Å². The first-order valence-electron chi connectivity index (χ1n) is 12.7. The molecule has 2 fully saturated rings. The van der Waals surface area contributed by atoms with Gasteiger partial charge in [0.15, 0.2) is 0 Å². The Bertz CT molecular complexity index is 1070. The lowest BCUT2D eigenvalue weighted by Gasteiger charge is -2.44. The van der Waals surface area contributed by atoms with Gasteiger partial charge in [-0.3, -0.25) is 9.89 Å². The lowest BCUT2D eigenvalue weighted by atomic mass is 9.92. The highest BCUT2D eigenvalue weighted by Gasteiger charge is 2.37. The summed E-state index contributed by atoms with van der Waals surface area (Å²) >= 11 is 1.86. The smallest absolute Gasteiger partial charge is 0.128 e. The SMILES string of the molecule is CCC(N1c2ccccc2Sc2ccc(C3=NC4CCCCC4N3)cc21)N1CCC[C@@H]1CO.Cl.Cl. The summed E-state index contributed by atoms with van der Waals surface area (Å²) in [7, 11) is 0. The number of para-hydroxylation sites is 1. The second-order valence-corrected chi connectivity index (χ2v) is 10.9. The molecule has 2 N–H and O–H groups in total. The summed E-state index contributed by atoms with van der Waals surface area (Å²) in [6.45, 7) is 3.55. The van der Waals surface area contributed by atoms with E-state index in [0.717, 1.165) is 31.6 Å². The van der Waals surface area contributed by atoms with Crippen molar-refractivity contribution in [3.05, 3.63) is 48.0 Å². The summed E-state index contributed by atoms with van der Waals surface area (Å²) in [6.07, 6.45) is 8.50. The number of halogens is 2. The number of hydrogen-bond donors (Lipinski definition) is 2. The van der Waals surface area contributed by atoms with Crippen molar-refractivity contribution in [3.63, 3.8) is 0 Å². The predicted molar refractivity (Wildman–Crippen MR) is 150 cm³/mol. The van der Waals surface area contributed by atoms with Crippen molar-refractivity contribution < 1.29 is 5.11 Å². The number of aliphatic hydroxyl groups excluding tert-OH is 1. The standard InChI is InChI=1S/C27H34N4OS.2ClH/c1-2-26(30-15-7-8-19(30)17-32)31-22-11-5-6-12-24(22)33-25-14-13-18(16-23(25)31)27-28-20-9-3-4-10-21(20)29-27;;/h5-6,11-14,16,19-21,26,32H,2-4,7-10,15,17H2,1H3,(H,28,29);2*1H/t19-,20?,21?,26?;;/m1../s1. The summed E-state index contributed by atoms with van der Waals surface area (Å²) < 4.78 is 0. The highest BCUT2D eigenvalue weighted by Crippen LogP contribution is 2.50. The fourth-order valence-electron chi connectivity index (χ4n) is 6.23. The fraction of sp³-hybridized carbons (Fsp3) is 0.519. The number of anilines is 2. The molecule has 1 saturated carbocycles. The van der Waals surface area contributed by atoms with Gasteiger partial charge in [0.1, 0.15) is 5.84 Å². The molecule has 8 heteroatoms. The third-order valence-corrected chi connectivity index (χ3v) is 8.99. The van der Waals surface area contributed by atoms with Gasteiger partial charge >= 0.3 is 0 Å². The number of rotatable bonds is 5. The minimum absolute atomic E-state index is 0. The maximum atomic E-state index is 10.1. The minimum Gasteiger partial charge on any atom is -0.395 e. The molecule has 5 nitrogen and oxygen atoms in total. The van der Waals surface area contributed by atoms with E-state index in [9.17, 15) is 5.11 Å². The van der Waals surface area contributed by atoms with Gasteiger partial charge in [-0.05, 0) is 56.4 Å².